The maximum atomic E-state index is 12.0. The molecule has 0 bridgehead atoms. The molecule has 5 rings (SSSR count). The standard InChI is InChI=1S/C29H28N3O.C14H26O2.Ir/c1-18(2)10-19-11-27-28(30-15-19)23(16-33-27)26-14-25(31-17-32-26)21-12-20-8-6-7-9-22(20)24(13-21)29(3,4)5;1-6-11(7-2)12(15)10-13(16)14(5,8-3)9-4;/h6-9,11,13-18H,10H2,1-5H3;10-11,15H,6-9H2,1-5H3;/q-1;;/b;12-10-;. The largest absolute Gasteiger partial charge is 0.512 e. The Balaban J connectivity index is 0.000000340. The summed E-state index contributed by atoms with van der Waals surface area (Å²) in [7, 11) is 0. The number of benzene rings is 2. The van der Waals surface area contributed by atoms with Crippen LogP contribution < -0.4 is 0 Å². The fraction of sp³-hybridized carbons (Fsp3) is 0.442. The first-order chi connectivity index (χ1) is 23.2. The van der Waals surface area contributed by atoms with Crippen LogP contribution in [-0.2, 0) is 36.7 Å². The second kappa shape index (κ2) is 17.5. The number of aromatic nitrogens is 3. The van der Waals surface area contributed by atoms with Crippen LogP contribution >= 0.6 is 0 Å². The minimum atomic E-state index is -0.319. The predicted molar refractivity (Wildman–Crippen MR) is 203 cm³/mol. The maximum Gasteiger partial charge on any atom is 0.164 e. The Morgan fingerprint density at radius 1 is 0.940 bits per heavy atom. The Morgan fingerprint density at radius 2 is 1.60 bits per heavy atom. The van der Waals surface area contributed by atoms with Crippen molar-refractivity contribution in [1.29, 1.82) is 0 Å². The molecule has 3 heterocycles. The van der Waals surface area contributed by atoms with Gasteiger partial charge >= 0.3 is 0 Å². The molecule has 0 fully saturated rings. The van der Waals surface area contributed by atoms with Crippen LogP contribution in [0, 0.1) is 23.3 Å². The molecular weight excluding hydrogens is 799 g/mol. The fourth-order valence-corrected chi connectivity index (χ4v) is 6.09. The quantitative estimate of drug-likeness (QED) is 0.0809. The number of pyridine rings is 1. The van der Waals surface area contributed by atoms with E-state index in [0.29, 0.717) is 5.92 Å². The number of hydrogen-bond donors (Lipinski definition) is 1. The summed E-state index contributed by atoms with van der Waals surface area (Å²) in [6, 6.07) is 18.3. The van der Waals surface area contributed by atoms with Crippen molar-refractivity contribution in [2.45, 2.75) is 107 Å². The van der Waals surface area contributed by atoms with Gasteiger partial charge in [0.2, 0.25) is 0 Å². The predicted octanol–water partition coefficient (Wildman–Crippen LogP) is 11.7. The molecule has 5 aromatic rings. The molecule has 0 atom stereocenters. The van der Waals surface area contributed by atoms with Crippen LogP contribution in [0.4, 0.5) is 0 Å². The van der Waals surface area contributed by atoms with E-state index < -0.39 is 0 Å². The minimum Gasteiger partial charge on any atom is -0.512 e. The molecule has 0 aliphatic rings. The number of allylic oxidation sites excluding steroid dienone is 2. The summed E-state index contributed by atoms with van der Waals surface area (Å²) in [6.07, 6.45) is 11.1. The van der Waals surface area contributed by atoms with Crippen LogP contribution in [0.3, 0.4) is 0 Å². The average Bonchev–Trinajstić information content (AvgIpc) is 3.51. The van der Waals surface area contributed by atoms with E-state index in [9.17, 15) is 9.90 Å². The van der Waals surface area contributed by atoms with E-state index in [-0.39, 0.29) is 48.4 Å². The molecule has 0 saturated carbocycles. The maximum absolute atomic E-state index is 12.0. The van der Waals surface area contributed by atoms with E-state index in [2.05, 4.69) is 87.1 Å². The SMILES string of the molecule is CC(C)Cc1cnc2c(-c3cc(-c4[c-]c5ccccc5c(C(C)(C)C)c4)ncn3)coc2c1.CCC(CC)/C(O)=C/C(=O)C(C)(CC)CC.[Ir]. The van der Waals surface area contributed by atoms with E-state index >= 15 is 0 Å². The Morgan fingerprint density at radius 3 is 2.22 bits per heavy atom. The number of aliphatic hydroxyl groups is 1. The molecule has 1 radical (unpaired) electrons. The topological polar surface area (TPSA) is 89.1 Å². The molecule has 6 nitrogen and oxygen atoms in total. The summed E-state index contributed by atoms with van der Waals surface area (Å²) in [6.45, 7) is 21.2. The third-order valence-electron chi connectivity index (χ3n) is 9.75. The van der Waals surface area contributed by atoms with Gasteiger partial charge in [0.15, 0.2) is 11.4 Å². The fourth-order valence-electron chi connectivity index (χ4n) is 6.09. The minimum absolute atomic E-state index is 0. The van der Waals surface area contributed by atoms with Crippen molar-refractivity contribution in [3.63, 3.8) is 0 Å². The van der Waals surface area contributed by atoms with Crippen LogP contribution in [0.15, 0.2) is 77.5 Å². The number of fused-ring (bicyclic) bond motifs is 2. The first kappa shape index (κ1) is 40.8. The summed E-state index contributed by atoms with van der Waals surface area (Å²) < 4.78 is 5.86. The van der Waals surface area contributed by atoms with Gasteiger partial charge in [0.1, 0.15) is 18.1 Å². The van der Waals surface area contributed by atoms with Gasteiger partial charge in [-0.1, -0.05) is 98.4 Å². The van der Waals surface area contributed by atoms with Gasteiger partial charge < -0.3 is 9.52 Å². The number of carbonyl (C=O) groups excluding carboxylic acids is 1. The normalized spacial score (nSPS) is 12.3. The van der Waals surface area contributed by atoms with Crippen molar-refractivity contribution in [2.75, 3.05) is 0 Å². The number of rotatable bonds is 11. The molecule has 7 heteroatoms. The van der Waals surface area contributed by atoms with Crippen LogP contribution in [0.25, 0.3) is 44.4 Å². The summed E-state index contributed by atoms with van der Waals surface area (Å²) in [5, 5.41) is 12.2. The van der Waals surface area contributed by atoms with E-state index in [1.54, 1.807) is 12.6 Å². The number of furan rings is 1. The average molecular weight is 853 g/mol. The zero-order valence-electron chi connectivity index (χ0n) is 31.5. The summed E-state index contributed by atoms with van der Waals surface area (Å²) in [4.78, 5) is 25.9. The van der Waals surface area contributed by atoms with E-state index in [4.69, 9.17) is 9.40 Å². The second-order valence-corrected chi connectivity index (χ2v) is 14.8. The Bertz CT molecular complexity index is 1910. The van der Waals surface area contributed by atoms with Gasteiger partial charge in [0, 0.05) is 49.4 Å². The molecule has 3 aromatic heterocycles. The van der Waals surface area contributed by atoms with Gasteiger partial charge in [-0.05, 0) is 61.1 Å². The second-order valence-electron chi connectivity index (χ2n) is 14.8. The van der Waals surface area contributed by atoms with Gasteiger partial charge in [-0.15, -0.1) is 29.1 Å². The molecule has 1 N–H and O–H groups in total. The number of carbonyl (C=O) groups is 1. The van der Waals surface area contributed by atoms with Crippen LogP contribution in [0.2, 0.25) is 0 Å². The van der Waals surface area contributed by atoms with Crippen molar-refractivity contribution in [1.82, 2.24) is 15.0 Å². The first-order valence-corrected chi connectivity index (χ1v) is 17.8. The van der Waals surface area contributed by atoms with Crippen molar-refractivity contribution in [3.8, 4) is 22.5 Å². The zero-order valence-corrected chi connectivity index (χ0v) is 33.9. The molecule has 0 spiro atoms. The number of hydrogen-bond acceptors (Lipinski definition) is 6. The monoisotopic (exact) mass is 853 g/mol. The molecular formula is C43H54IrN3O3-. The van der Waals surface area contributed by atoms with Crippen molar-refractivity contribution >= 4 is 27.7 Å². The van der Waals surface area contributed by atoms with Crippen LogP contribution in [0.1, 0.15) is 106 Å². The van der Waals surface area contributed by atoms with Crippen LogP contribution in [0.5, 0.6) is 0 Å². The van der Waals surface area contributed by atoms with Crippen molar-refractivity contribution in [2.24, 2.45) is 17.3 Å². The first-order valence-electron chi connectivity index (χ1n) is 17.8. The Hall–Kier alpha value is -3.67. The third-order valence-corrected chi connectivity index (χ3v) is 9.75. The molecule has 0 amide bonds. The van der Waals surface area contributed by atoms with Crippen molar-refractivity contribution in [3.05, 3.63) is 90.3 Å². The summed E-state index contributed by atoms with van der Waals surface area (Å²) in [5.41, 5.74) is 7.22. The third kappa shape index (κ3) is 9.55. The molecule has 0 saturated heterocycles. The smallest absolute Gasteiger partial charge is 0.164 e. The van der Waals surface area contributed by atoms with Gasteiger partial charge in [-0.2, -0.15) is 0 Å². The van der Waals surface area contributed by atoms with E-state index in [1.807, 2.05) is 46.9 Å². The molecule has 50 heavy (non-hydrogen) atoms. The molecule has 0 aliphatic carbocycles. The van der Waals surface area contributed by atoms with E-state index in [0.717, 1.165) is 71.1 Å². The van der Waals surface area contributed by atoms with Gasteiger partial charge in [0.05, 0.1) is 17.0 Å². The van der Waals surface area contributed by atoms with Gasteiger partial charge in [-0.3, -0.25) is 14.8 Å². The summed E-state index contributed by atoms with van der Waals surface area (Å²) >= 11 is 0. The summed E-state index contributed by atoms with van der Waals surface area (Å²) in [5.74, 6) is 1.01. The molecule has 269 valence electrons. The molecule has 2 aromatic carbocycles. The molecule has 0 unspecified atom stereocenters. The number of aliphatic hydroxyl groups excluding tert-OH is 1. The number of ketones is 1. The van der Waals surface area contributed by atoms with Gasteiger partial charge in [0.25, 0.3) is 0 Å². The van der Waals surface area contributed by atoms with Crippen LogP contribution in [-0.4, -0.2) is 25.8 Å². The Kier molecular flexibility index (Phi) is 14.3. The van der Waals surface area contributed by atoms with E-state index in [1.165, 1.54) is 22.6 Å². The van der Waals surface area contributed by atoms with Gasteiger partial charge in [-0.25, -0.2) is 4.98 Å². The number of nitrogens with zero attached hydrogens (tertiary/aromatic N) is 3. The van der Waals surface area contributed by atoms with Crippen molar-refractivity contribution < 1.29 is 34.4 Å². The Labute approximate surface area is 312 Å². The molecule has 0 aliphatic heterocycles. The zero-order chi connectivity index (χ0) is 35.9.